The summed E-state index contributed by atoms with van der Waals surface area (Å²) in [5, 5.41) is 10.1. The first-order valence-electron chi connectivity index (χ1n) is 8.10. The molecule has 26 heavy (non-hydrogen) atoms. The molecule has 2 aromatic rings. The summed E-state index contributed by atoms with van der Waals surface area (Å²) >= 11 is 0. The van der Waals surface area contributed by atoms with Crippen LogP contribution >= 0.6 is 0 Å². The number of halogens is 1. The van der Waals surface area contributed by atoms with E-state index in [-0.39, 0.29) is 18.0 Å². The van der Waals surface area contributed by atoms with Gasteiger partial charge in [-0.1, -0.05) is 6.07 Å². The highest BCUT2D eigenvalue weighted by atomic mass is 19.1. The summed E-state index contributed by atoms with van der Waals surface area (Å²) in [7, 11) is 2.93. The van der Waals surface area contributed by atoms with E-state index < -0.39 is 0 Å². The summed E-state index contributed by atoms with van der Waals surface area (Å²) in [6, 6.07) is 7.96. The number of allylic oxidation sites excluding steroid dienone is 3. The third-order valence-corrected chi connectivity index (χ3v) is 4.55. The van der Waals surface area contributed by atoms with E-state index in [0.29, 0.717) is 11.5 Å². The van der Waals surface area contributed by atoms with Crippen molar-refractivity contribution in [2.75, 3.05) is 14.2 Å². The summed E-state index contributed by atoms with van der Waals surface area (Å²) < 4.78 is 24.1. The van der Waals surface area contributed by atoms with Crippen LogP contribution in [0, 0.1) is 5.82 Å². The van der Waals surface area contributed by atoms with Crippen molar-refractivity contribution in [2.45, 2.75) is 13.3 Å². The van der Waals surface area contributed by atoms with Crippen molar-refractivity contribution in [3.8, 4) is 17.2 Å². The number of carbonyl (C=O) groups is 1. The minimum atomic E-state index is -0.339. The Bertz CT molecular complexity index is 916. The molecule has 134 valence electrons. The lowest BCUT2D eigenvalue weighted by Crippen LogP contribution is -1.91. The minimum Gasteiger partial charge on any atom is -0.502 e. The van der Waals surface area contributed by atoms with Gasteiger partial charge in [0.1, 0.15) is 12.1 Å². The van der Waals surface area contributed by atoms with Gasteiger partial charge in [-0.2, -0.15) is 0 Å². The molecule has 3 rings (SSSR count). The number of aromatic hydroxyl groups is 1. The second-order valence-corrected chi connectivity index (χ2v) is 6.00. The molecule has 1 aliphatic rings. The van der Waals surface area contributed by atoms with E-state index in [1.807, 2.05) is 13.0 Å². The SMILES string of the molecule is COc1cc(/C=C2/C(C)=C(CC=O)c3cc(F)ccc32)cc(OC)c1O. The van der Waals surface area contributed by atoms with Crippen LogP contribution in [0.2, 0.25) is 0 Å². The van der Waals surface area contributed by atoms with Crippen molar-refractivity contribution in [1.29, 1.82) is 0 Å². The molecule has 0 fully saturated rings. The number of phenolic OH excluding ortho intramolecular Hbond substituents is 1. The molecule has 0 unspecified atom stereocenters. The predicted molar refractivity (Wildman–Crippen MR) is 98.8 cm³/mol. The van der Waals surface area contributed by atoms with Crippen LogP contribution in [0.4, 0.5) is 4.39 Å². The van der Waals surface area contributed by atoms with Crippen molar-refractivity contribution in [3.05, 3.63) is 58.4 Å². The molecule has 5 heteroatoms. The predicted octanol–water partition coefficient (Wildman–Crippen LogP) is 4.47. The number of rotatable bonds is 5. The first-order chi connectivity index (χ1) is 12.5. The van der Waals surface area contributed by atoms with E-state index in [0.717, 1.165) is 39.7 Å². The Morgan fingerprint density at radius 2 is 1.73 bits per heavy atom. The van der Waals surface area contributed by atoms with Gasteiger partial charge in [-0.3, -0.25) is 0 Å². The van der Waals surface area contributed by atoms with E-state index >= 15 is 0 Å². The fourth-order valence-electron chi connectivity index (χ4n) is 3.26. The largest absolute Gasteiger partial charge is 0.502 e. The van der Waals surface area contributed by atoms with Gasteiger partial charge in [-0.25, -0.2) is 4.39 Å². The zero-order valence-corrected chi connectivity index (χ0v) is 14.8. The lowest BCUT2D eigenvalue weighted by molar-refractivity contribution is -0.107. The van der Waals surface area contributed by atoms with Crippen LogP contribution in [-0.4, -0.2) is 25.6 Å². The molecule has 0 saturated carbocycles. The Morgan fingerprint density at radius 1 is 1.08 bits per heavy atom. The third-order valence-electron chi connectivity index (χ3n) is 4.55. The fraction of sp³-hybridized carbons (Fsp3) is 0.190. The molecule has 0 aromatic heterocycles. The van der Waals surface area contributed by atoms with E-state index in [1.165, 1.54) is 26.4 Å². The Morgan fingerprint density at radius 3 is 2.31 bits per heavy atom. The number of fused-ring (bicyclic) bond motifs is 1. The summed E-state index contributed by atoms with van der Waals surface area (Å²) in [6.07, 6.45) is 2.96. The first-order valence-corrected chi connectivity index (χ1v) is 8.10. The van der Waals surface area contributed by atoms with Crippen molar-refractivity contribution >= 4 is 23.5 Å². The highest BCUT2D eigenvalue weighted by Crippen LogP contribution is 2.44. The molecule has 0 aliphatic heterocycles. The lowest BCUT2D eigenvalue weighted by atomic mass is 10.00. The maximum Gasteiger partial charge on any atom is 0.200 e. The minimum absolute atomic E-state index is 0.0695. The normalized spacial score (nSPS) is 14.5. The molecule has 1 N–H and O–H groups in total. The second kappa shape index (κ2) is 7.04. The standard InChI is InChI=1S/C21H19FO4/c1-12-15(6-7-23)18-11-14(22)4-5-16(18)17(12)8-13-9-19(25-2)21(24)20(10-13)26-3/h4-5,7-11,24H,6H2,1-3H3/b17-8-. The molecule has 2 aromatic carbocycles. The fourth-order valence-corrected chi connectivity index (χ4v) is 3.26. The van der Waals surface area contributed by atoms with Crippen molar-refractivity contribution in [1.82, 2.24) is 0 Å². The van der Waals surface area contributed by atoms with Gasteiger partial charge in [-0.15, -0.1) is 0 Å². The summed E-state index contributed by atoms with van der Waals surface area (Å²) in [4.78, 5) is 11.1. The van der Waals surface area contributed by atoms with Crippen LogP contribution in [0.3, 0.4) is 0 Å². The molecule has 0 heterocycles. The molecule has 4 nitrogen and oxygen atoms in total. The van der Waals surface area contributed by atoms with E-state index in [4.69, 9.17) is 9.47 Å². The Labute approximate surface area is 151 Å². The highest BCUT2D eigenvalue weighted by molar-refractivity contribution is 6.06. The zero-order chi connectivity index (χ0) is 18.8. The van der Waals surface area contributed by atoms with Gasteiger partial charge in [0.05, 0.1) is 14.2 Å². The lowest BCUT2D eigenvalue weighted by Gasteiger charge is -2.11. The maximum atomic E-state index is 13.7. The van der Waals surface area contributed by atoms with Gasteiger partial charge in [-0.05, 0) is 70.7 Å². The van der Waals surface area contributed by atoms with Crippen molar-refractivity contribution < 1.29 is 23.8 Å². The van der Waals surface area contributed by atoms with Crippen LogP contribution in [0.15, 0.2) is 35.9 Å². The number of methoxy groups -OCH3 is 2. The number of phenols is 1. The summed E-state index contributed by atoms with van der Waals surface area (Å²) in [5.74, 6) is 0.181. The monoisotopic (exact) mass is 354 g/mol. The summed E-state index contributed by atoms with van der Waals surface area (Å²) in [5.41, 5.74) is 4.99. The molecular formula is C21H19FO4. The molecular weight excluding hydrogens is 335 g/mol. The van der Waals surface area contributed by atoms with Crippen LogP contribution in [-0.2, 0) is 4.79 Å². The average molecular weight is 354 g/mol. The van der Waals surface area contributed by atoms with E-state index in [1.54, 1.807) is 18.2 Å². The van der Waals surface area contributed by atoms with Crippen LogP contribution < -0.4 is 9.47 Å². The van der Waals surface area contributed by atoms with Gasteiger partial charge < -0.3 is 19.4 Å². The van der Waals surface area contributed by atoms with Gasteiger partial charge in [0, 0.05) is 6.42 Å². The van der Waals surface area contributed by atoms with Gasteiger partial charge >= 0.3 is 0 Å². The molecule has 0 amide bonds. The maximum absolute atomic E-state index is 13.7. The second-order valence-electron chi connectivity index (χ2n) is 6.00. The molecule has 0 spiro atoms. The van der Waals surface area contributed by atoms with E-state index in [2.05, 4.69) is 0 Å². The van der Waals surface area contributed by atoms with Gasteiger partial charge in [0.25, 0.3) is 0 Å². The van der Waals surface area contributed by atoms with Crippen molar-refractivity contribution in [3.63, 3.8) is 0 Å². The Kier molecular flexibility index (Phi) is 4.80. The van der Waals surface area contributed by atoms with Crippen molar-refractivity contribution in [2.24, 2.45) is 0 Å². The first kappa shape index (κ1) is 17.7. The quantitative estimate of drug-likeness (QED) is 0.805. The molecule has 0 atom stereocenters. The number of aldehydes is 1. The molecule has 1 aliphatic carbocycles. The van der Waals surface area contributed by atoms with Gasteiger partial charge in [0.15, 0.2) is 11.5 Å². The number of benzene rings is 2. The summed E-state index contributed by atoms with van der Waals surface area (Å²) in [6.45, 7) is 1.91. The topological polar surface area (TPSA) is 55.8 Å². The third kappa shape index (κ3) is 2.96. The van der Waals surface area contributed by atoms with Crippen LogP contribution in [0.1, 0.15) is 30.0 Å². The number of carbonyl (C=O) groups excluding carboxylic acids is 1. The van der Waals surface area contributed by atoms with E-state index in [9.17, 15) is 14.3 Å². The molecule has 0 radical (unpaired) electrons. The van der Waals surface area contributed by atoms with Crippen LogP contribution in [0.25, 0.3) is 17.2 Å². The number of ether oxygens (including phenoxy) is 2. The smallest absolute Gasteiger partial charge is 0.200 e. The Hall–Kier alpha value is -3.08. The van der Waals surface area contributed by atoms with Gasteiger partial charge in [0.2, 0.25) is 5.75 Å². The number of hydrogen-bond donors (Lipinski definition) is 1. The molecule has 0 saturated heterocycles. The number of hydrogen-bond acceptors (Lipinski definition) is 4. The Balaban J connectivity index is 2.19. The zero-order valence-electron chi connectivity index (χ0n) is 14.8. The molecule has 0 bridgehead atoms. The van der Waals surface area contributed by atoms with Crippen LogP contribution in [0.5, 0.6) is 17.2 Å². The average Bonchev–Trinajstić information content (AvgIpc) is 2.88. The highest BCUT2D eigenvalue weighted by Gasteiger charge is 2.24.